The molecule has 0 unspecified atom stereocenters. The lowest BCUT2D eigenvalue weighted by Gasteiger charge is -2.12. The molecule has 0 saturated heterocycles. The van der Waals surface area contributed by atoms with E-state index in [2.05, 4.69) is 127 Å². The second-order valence-corrected chi connectivity index (χ2v) is 8.63. The highest BCUT2D eigenvalue weighted by Gasteiger charge is 2.14. The zero-order chi connectivity index (χ0) is 22.9. The second-order valence-electron chi connectivity index (χ2n) is 8.63. The number of pyridine rings is 1. The van der Waals surface area contributed by atoms with Crippen LogP contribution in [-0.2, 0) is 0 Å². The number of aryl methyl sites for hydroxylation is 1. The average Bonchev–Trinajstić information content (AvgIpc) is 3.29. The van der Waals surface area contributed by atoms with E-state index in [0.717, 1.165) is 28.2 Å². The molecule has 162 valence electrons. The lowest BCUT2D eigenvalue weighted by atomic mass is 10.0. The maximum absolute atomic E-state index is 5.04. The molecule has 0 aliphatic heterocycles. The van der Waals surface area contributed by atoms with Crippen LogP contribution in [0.5, 0.6) is 0 Å². The molecule has 0 saturated carbocycles. The van der Waals surface area contributed by atoms with Crippen molar-refractivity contribution in [1.82, 2.24) is 9.55 Å². The van der Waals surface area contributed by atoms with Crippen LogP contribution >= 0.6 is 0 Å². The van der Waals surface area contributed by atoms with Gasteiger partial charge in [-0.2, -0.15) is 0 Å². The molecule has 0 radical (unpaired) electrons. The van der Waals surface area contributed by atoms with Crippen LogP contribution in [0.3, 0.4) is 0 Å². The van der Waals surface area contributed by atoms with Crippen LogP contribution in [0.25, 0.3) is 50.2 Å². The summed E-state index contributed by atoms with van der Waals surface area (Å²) in [6.45, 7) is 2.14. The number of para-hydroxylation sites is 1. The van der Waals surface area contributed by atoms with Gasteiger partial charge in [-0.05, 0) is 30.7 Å². The largest absolute Gasteiger partial charge is 0.316 e. The van der Waals surface area contributed by atoms with Gasteiger partial charge in [-0.25, -0.2) is 4.98 Å². The zero-order valence-electron chi connectivity index (χ0n) is 19.0. The molecule has 34 heavy (non-hydrogen) atoms. The third kappa shape index (κ3) is 3.70. The third-order valence-corrected chi connectivity index (χ3v) is 6.27. The van der Waals surface area contributed by atoms with Crippen molar-refractivity contribution in [1.29, 1.82) is 0 Å². The van der Waals surface area contributed by atoms with E-state index in [1.54, 1.807) is 0 Å². The van der Waals surface area contributed by atoms with E-state index in [-0.39, 0.29) is 0 Å². The van der Waals surface area contributed by atoms with Gasteiger partial charge in [-0.15, -0.1) is 0 Å². The summed E-state index contributed by atoms with van der Waals surface area (Å²) in [4.78, 5) is 5.04. The quantitative estimate of drug-likeness (QED) is 0.271. The fraction of sp³-hybridized carbons (Fsp3) is 0.0312. The first-order valence-corrected chi connectivity index (χ1v) is 11.6. The van der Waals surface area contributed by atoms with Crippen LogP contribution in [-0.4, -0.2) is 9.55 Å². The lowest BCUT2D eigenvalue weighted by Crippen LogP contribution is -1.97. The van der Waals surface area contributed by atoms with E-state index in [1.807, 2.05) is 12.1 Å². The van der Waals surface area contributed by atoms with E-state index in [9.17, 15) is 0 Å². The number of fused-ring (bicyclic) bond motifs is 1. The van der Waals surface area contributed by atoms with Crippen molar-refractivity contribution >= 4 is 10.9 Å². The first kappa shape index (κ1) is 20.2. The highest BCUT2D eigenvalue weighted by molar-refractivity contribution is 5.97. The Morgan fingerprint density at radius 2 is 1.15 bits per heavy atom. The summed E-state index contributed by atoms with van der Waals surface area (Å²) < 4.78 is 2.30. The van der Waals surface area contributed by atoms with Crippen molar-refractivity contribution in [2.24, 2.45) is 0 Å². The molecule has 2 nitrogen and oxygen atoms in total. The number of hydrogen-bond donors (Lipinski definition) is 0. The number of nitrogens with zero attached hydrogens (tertiary/aromatic N) is 2. The van der Waals surface area contributed by atoms with Crippen molar-refractivity contribution < 1.29 is 0 Å². The topological polar surface area (TPSA) is 17.8 Å². The minimum absolute atomic E-state index is 0.965. The molecule has 0 spiro atoms. The van der Waals surface area contributed by atoms with Gasteiger partial charge in [0.1, 0.15) is 0 Å². The highest BCUT2D eigenvalue weighted by Crippen LogP contribution is 2.35. The molecule has 2 heteroatoms. The number of aromatic nitrogens is 2. The monoisotopic (exact) mass is 436 g/mol. The fourth-order valence-corrected chi connectivity index (χ4v) is 4.60. The smallest absolute Gasteiger partial charge is 0.0730 e. The molecule has 0 atom stereocenters. The second kappa shape index (κ2) is 8.49. The summed E-state index contributed by atoms with van der Waals surface area (Å²) in [6, 6.07) is 42.5. The zero-order valence-corrected chi connectivity index (χ0v) is 19.0. The van der Waals surface area contributed by atoms with Crippen molar-refractivity contribution in [3.63, 3.8) is 0 Å². The Morgan fingerprint density at radius 3 is 1.79 bits per heavy atom. The normalized spacial score (nSPS) is 11.1. The Hall–Kier alpha value is -4.43. The fourth-order valence-electron chi connectivity index (χ4n) is 4.60. The molecule has 2 aromatic heterocycles. The van der Waals surface area contributed by atoms with Crippen LogP contribution in [0.1, 0.15) is 5.56 Å². The van der Waals surface area contributed by atoms with E-state index in [1.165, 1.54) is 27.6 Å². The van der Waals surface area contributed by atoms with Gasteiger partial charge < -0.3 is 4.57 Å². The Kier molecular flexibility index (Phi) is 5.04. The van der Waals surface area contributed by atoms with E-state index >= 15 is 0 Å². The van der Waals surface area contributed by atoms with E-state index in [0.29, 0.717) is 0 Å². The van der Waals surface area contributed by atoms with E-state index in [4.69, 9.17) is 4.98 Å². The summed E-state index contributed by atoms with van der Waals surface area (Å²) in [5.74, 6) is 0. The van der Waals surface area contributed by atoms with Gasteiger partial charge in [0.2, 0.25) is 0 Å². The van der Waals surface area contributed by atoms with E-state index < -0.39 is 0 Å². The van der Waals surface area contributed by atoms with Crippen LogP contribution in [0.4, 0.5) is 0 Å². The molecule has 0 N–H and O–H groups in total. The van der Waals surface area contributed by atoms with Crippen molar-refractivity contribution in [3.8, 4) is 39.3 Å². The Morgan fingerprint density at radius 1 is 0.559 bits per heavy atom. The third-order valence-electron chi connectivity index (χ3n) is 6.27. The summed E-state index contributed by atoms with van der Waals surface area (Å²) in [5.41, 5.74) is 10.2. The molecule has 0 bridgehead atoms. The van der Waals surface area contributed by atoms with Gasteiger partial charge in [0.05, 0.1) is 16.9 Å². The molecular formula is C32H24N2. The molecular weight excluding hydrogens is 412 g/mol. The summed E-state index contributed by atoms with van der Waals surface area (Å²) >= 11 is 0. The molecule has 2 heterocycles. The lowest BCUT2D eigenvalue weighted by molar-refractivity contribution is 1.11. The van der Waals surface area contributed by atoms with Crippen molar-refractivity contribution in [2.45, 2.75) is 6.92 Å². The van der Waals surface area contributed by atoms with Crippen LogP contribution in [0.2, 0.25) is 0 Å². The summed E-state index contributed by atoms with van der Waals surface area (Å²) in [5, 5.41) is 1.24. The van der Waals surface area contributed by atoms with Gasteiger partial charge >= 0.3 is 0 Å². The molecule has 0 amide bonds. The minimum atomic E-state index is 0.965. The molecule has 0 aliphatic carbocycles. The van der Waals surface area contributed by atoms with Crippen molar-refractivity contribution in [3.05, 3.63) is 133 Å². The average molecular weight is 437 g/mol. The molecule has 0 aliphatic rings. The maximum Gasteiger partial charge on any atom is 0.0730 e. The molecule has 6 rings (SSSR count). The van der Waals surface area contributed by atoms with Crippen molar-refractivity contribution in [2.75, 3.05) is 0 Å². The molecule has 6 aromatic rings. The molecule has 0 fully saturated rings. The summed E-state index contributed by atoms with van der Waals surface area (Å²) in [7, 11) is 0. The Bertz CT molecular complexity index is 1540. The summed E-state index contributed by atoms with van der Waals surface area (Å²) in [6.07, 6.45) is 2.26. The van der Waals surface area contributed by atoms with Gasteiger partial charge in [0, 0.05) is 34.0 Å². The first-order valence-electron chi connectivity index (χ1n) is 11.6. The standard InChI is InChI=1S/C32H24N2/c1-23-11-10-16-26(19-23)29-22-34(32-18-9-8-17-28(29)32)27-20-30(24-12-4-2-5-13-24)33-31(21-27)25-14-6-3-7-15-25/h2-22H,1H3. The molecule has 4 aromatic carbocycles. The Balaban J connectivity index is 1.61. The number of rotatable bonds is 4. The van der Waals surface area contributed by atoms with Gasteiger partial charge in [-0.3, -0.25) is 0 Å². The Labute approximate surface area is 199 Å². The maximum atomic E-state index is 5.04. The predicted molar refractivity (Wildman–Crippen MR) is 142 cm³/mol. The van der Waals surface area contributed by atoms with Crippen LogP contribution < -0.4 is 0 Å². The van der Waals surface area contributed by atoms with Gasteiger partial charge in [0.15, 0.2) is 0 Å². The SMILES string of the molecule is Cc1cccc(-c2cn(-c3cc(-c4ccccc4)nc(-c4ccccc4)c3)c3ccccc23)c1. The van der Waals surface area contributed by atoms with Crippen LogP contribution in [0.15, 0.2) is 128 Å². The number of hydrogen-bond acceptors (Lipinski definition) is 1. The highest BCUT2D eigenvalue weighted by atomic mass is 15.0. The predicted octanol–water partition coefficient (Wildman–Crippen LogP) is 8.33. The van der Waals surface area contributed by atoms with Gasteiger partial charge in [0.25, 0.3) is 0 Å². The van der Waals surface area contributed by atoms with Crippen LogP contribution in [0, 0.1) is 6.92 Å². The minimum Gasteiger partial charge on any atom is -0.316 e. The van der Waals surface area contributed by atoms with Gasteiger partial charge in [-0.1, -0.05) is 109 Å². The number of benzene rings is 4. The first-order chi connectivity index (χ1) is 16.8.